The Morgan fingerprint density at radius 1 is 1.22 bits per heavy atom. The molecule has 0 spiro atoms. The molecule has 32 heavy (non-hydrogen) atoms. The molecule has 2 aromatic carbocycles. The van der Waals surface area contributed by atoms with E-state index in [0.29, 0.717) is 10.6 Å². The Morgan fingerprint density at radius 3 is 2.69 bits per heavy atom. The zero-order valence-electron chi connectivity index (χ0n) is 18.5. The highest BCUT2D eigenvalue weighted by Crippen LogP contribution is 2.39. The lowest BCUT2D eigenvalue weighted by Crippen LogP contribution is -2.02. The molecule has 0 saturated heterocycles. The average molecular weight is 442 g/mol. The Morgan fingerprint density at radius 2 is 1.97 bits per heavy atom. The van der Waals surface area contributed by atoms with Crippen molar-refractivity contribution in [3.8, 4) is 6.07 Å². The summed E-state index contributed by atoms with van der Waals surface area (Å²) in [6.07, 6.45) is 3.26. The van der Waals surface area contributed by atoms with Crippen molar-refractivity contribution in [3.05, 3.63) is 70.1 Å². The van der Waals surface area contributed by atoms with Crippen LogP contribution in [0.1, 0.15) is 40.2 Å². The quantitative estimate of drug-likeness (QED) is 0.198. The van der Waals surface area contributed by atoms with Crippen molar-refractivity contribution in [2.45, 2.75) is 27.3 Å². The lowest BCUT2D eigenvalue weighted by molar-refractivity contribution is 0.0601. The number of nitrogens with zero attached hydrogens (tertiary/aromatic N) is 3. The maximum Gasteiger partial charge on any atom is 0.341 e. The summed E-state index contributed by atoms with van der Waals surface area (Å²) < 4.78 is 7.30. The summed E-state index contributed by atoms with van der Waals surface area (Å²) in [5, 5.41) is 12.0. The van der Waals surface area contributed by atoms with E-state index in [0.717, 1.165) is 28.1 Å². The maximum atomic E-state index is 12.4. The fourth-order valence-corrected chi connectivity index (χ4v) is 5.21. The van der Waals surface area contributed by atoms with Crippen molar-refractivity contribution < 1.29 is 9.53 Å². The van der Waals surface area contributed by atoms with Crippen LogP contribution < -0.4 is 0 Å². The Kier molecular flexibility index (Phi) is 5.93. The Hall–Kier alpha value is -3.69. The van der Waals surface area contributed by atoms with Crippen molar-refractivity contribution in [3.63, 3.8) is 0 Å². The number of rotatable bonds is 5. The summed E-state index contributed by atoms with van der Waals surface area (Å²) in [5.74, 6) is -0.427. The van der Waals surface area contributed by atoms with Gasteiger partial charge in [-0.3, -0.25) is 0 Å². The monoisotopic (exact) mass is 441 g/mol. The second-order valence-electron chi connectivity index (χ2n) is 7.48. The van der Waals surface area contributed by atoms with Gasteiger partial charge in [0.1, 0.15) is 5.00 Å². The van der Waals surface area contributed by atoms with E-state index in [1.165, 1.54) is 46.3 Å². The number of benzene rings is 2. The number of aryl methyl sites for hydroxylation is 1. The van der Waals surface area contributed by atoms with Crippen LogP contribution in [0.4, 0.5) is 5.00 Å². The van der Waals surface area contributed by atoms with Gasteiger partial charge in [-0.15, -0.1) is 11.3 Å². The van der Waals surface area contributed by atoms with Gasteiger partial charge in [0, 0.05) is 45.5 Å². The molecule has 6 heteroatoms. The molecule has 0 saturated carbocycles. The van der Waals surface area contributed by atoms with Crippen molar-refractivity contribution in [1.82, 2.24) is 4.57 Å². The van der Waals surface area contributed by atoms with Crippen LogP contribution in [-0.2, 0) is 11.3 Å². The second-order valence-corrected chi connectivity index (χ2v) is 8.48. The van der Waals surface area contributed by atoms with Crippen LogP contribution in [0.3, 0.4) is 0 Å². The Balaban J connectivity index is 1.82. The van der Waals surface area contributed by atoms with E-state index in [9.17, 15) is 4.79 Å². The number of carbonyl (C=O) groups excluding carboxylic acids is 1. The number of para-hydroxylation sites is 1. The summed E-state index contributed by atoms with van der Waals surface area (Å²) >= 11 is 1.39. The predicted octanol–water partition coefficient (Wildman–Crippen LogP) is 6.65. The molecule has 0 atom stereocenters. The molecule has 4 aromatic rings. The van der Waals surface area contributed by atoms with Gasteiger partial charge in [0.15, 0.2) is 0 Å². The van der Waals surface area contributed by atoms with Gasteiger partial charge in [-0.25, -0.2) is 9.79 Å². The summed E-state index contributed by atoms with van der Waals surface area (Å²) in [4.78, 5) is 18.0. The smallest absolute Gasteiger partial charge is 0.341 e. The van der Waals surface area contributed by atoms with Crippen LogP contribution in [0.15, 0.2) is 53.5 Å². The minimum Gasteiger partial charge on any atom is -0.465 e. The standard InChI is InChI=1S/C26H23N3O2S/c1-5-29-21-9-7-6-8-19(21)20-14-18(10-11-22(20)29)15-28-25-23(26(30)31-4)17(3)24(32-25)16(2)12-13-27/h6-12,14-15H,5H2,1-4H3/b16-12-,28-15?. The molecule has 0 radical (unpaired) electrons. The van der Waals surface area contributed by atoms with E-state index in [-0.39, 0.29) is 0 Å². The minimum absolute atomic E-state index is 0.427. The van der Waals surface area contributed by atoms with Crippen LogP contribution in [0, 0.1) is 18.3 Å². The number of methoxy groups -OCH3 is 1. The number of hydrogen-bond acceptors (Lipinski definition) is 5. The lowest BCUT2D eigenvalue weighted by atomic mass is 10.1. The number of aromatic nitrogens is 1. The first kappa shape index (κ1) is 21.5. The minimum atomic E-state index is -0.427. The summed E-state index contributed by atoms with van der Waals surface area (Å²) in [6, 6.07) is 16.7. The fourth-order valence-electron chi connectivity index (χ4n) is 4.10. The number of ether oxygens (including phenoxy) is 1. The maximum absolute atomic E-state index is 12.4. The molecule has 2 heterocycles. The molecule has 0 bridgehead atoms. The molecule has 160 valence electrons. The van der Waals surface area contributed by atoms with E-state index in [1.54, 1.807) is 6.21 Å². The largest absolute Gasteiger partial charge is 0.465 e. The van der Waals surface area contributed by atoms with Gasteiger partial charge < -0.3 is 9.30 Å². The van der Waals surface area contributed by atoms with Crippen molar-refractivity contribution in [1.29, 1.82) is 5.26 Å². The van der Waals surface area contributed by atoms with Gasteiger partial charge >= 0.3 is 5.97 Å². The number of allylic oxidation sites excluding steroid dienone is 2. The molecule has 0 aliphatic rings. The molecule has 2 aromatic heterocycles. The number of nitriles is 1. The first-order valence-electron chi connectivity index (χ1n) is 10.3. The zero-order chi connectivity index (χ0) is 22.8. The van der Waals surface area contributed by atoms with Gasteiger partial charge in [0.25, 0.3) is 0 Å². The third-order valence-electron chi connectivity index (χ3n) is 5.60. The summed E-state index contributed by atoms with van der Waals surface area (Å²) in [5.41, 5.74) is 5.37. The first-order valence-corrected chi connectivity index (χ1v) is 11.1. The molecular formula is C26H23N3O2S. The van der Waals surface area contributed by atoms with E-state index >= 15 is 0 Å². The number of hydrogen-bond donors (Lipinski definition) is 0. The van der Waals surface area contributed by atoms with Crippen molar-refractivity contribution in [2.24, 2.45) is 4.99 Å². The van der Waals surface area contributed by atoms with Crippen LogP contribution >= 0.6 is 11.3 Å². The zero-order valence-corrected chi connectivity index (χ0v) is 19.3. The van der Waals surface area contributed by atoms with Crippen LogP contribution in [-0.4, -0.2) is 23.9 Å². The average Bonchev–Trinajstić information content (AvgIpc) is 3.31. The molecule has 0 aliphatic heterocycles. The summed E-state index contributed by atoms with van der Waals surface area (Å²) in [7, 11) is 1.36. The van der Waals surface area contributed by atoms with Gasteiger partial charge in [-0.1, -0.05) is 24.3 Å². The van der Waals surface area contributed by atoms with Gasteiger partial charge in [0.2, 0.25) is 0 Å². The van der Waals surface area contributed by atoms with E-state index in [4.69, 9.17) is 10.00 Å². The van der Waals surface area contributed by atoms with Gasteiger partial charge in [0.05, 0.1) is 18.7 Å². The number of carbonyl (C=O) groups is 1. The van der Waals surface area contributed by atoms with Crippen molar-refractivity contribution >= 4 is 55.9 Å². The Bertz CT molecular complexity index is 1450. The molecule has 0 N–H and O–H groups in total. The summed E-state index contributed by atoms with van der Waals surface area (Å²) in [6.45, 7) is 6.76. The fraction of sp³-hybridized carbons (Fsp3) is 0.192. The van der Waals surface area contributed by atoms with E-state index in [2.05, 4.69) is 52.9 Å². The molecule has 5 nitrogen and oxygen atoms in total. The lowest BCUT2D eigenvalue weighted by Gasteiger charge is -2.03. The first-order chi connectivity index (χ1) is 15.5. The third kappa shape index (κ3) is 3.61. The highest BCUT2D eigenvalue weighted by Gasteiger charge is 2.22. The number of esters is 1. The molecular weight excluding hydrogens is 418 g/mol. The van der Waals surface area contributed by atoms with Crippen LogP contribution in [0.2, 0.25) is 0 Å². The molecule has 0 amide bonds. The Labute approximate surface area is 190 Å². The van der Waals surface area contributed by atoms with Crippen molar-refractivity contribution in [2.75, 3.05) is 7.11 Å². The highest BCUT2D eigenvalue weighted by molar-refractivity contribution is 7.17. The number of aliphatic imine (C=N–C) groups is 1. The number of thiophene rings is 1. The third-order valence-corrected chi connectivity index (χ3v) is 6.94. The normalized spacial score (nSPS) is 12.0. The highest BCUT2D eigenvalue weighted by atomic mass is 32.1. The van der Waals surface area contributed by atoms with Gasteiger partial charge in [-0.05, 0) is 55.7 Å². The van der Waals surface area contributed by atoms with Crippen LogP contribution in [0.25, 0.3) is 27.4 Å². The molecule has 0 unspecified atom stereocenters. The predicted molar refractivity (Wildman–Crippen MR) is 132 cm³/mol. The topological polar surface area (TPSA) is 67.4 Å². The second kappa shape index (κ2) is 8.81. The van der Waals surface area contributed by atoms with Gasteiger partial charge in [-0.2, -0.15) is 5.26 Å². The number of fused-ring (bicyclic) bond motifs is 3. The molecule has 0 aliphatic carbocycles. The molecule has 0 fully saturated rings. The van der Waals surface area contributed by atoms with E-state index < -0.39 is 5.97 Å². The van der Waals surface area contributed by atoms with E-state index in [1.807, 2.05) is 26.0 Å². The SMILES string of the molecule is CCn1c2ccccc2c2cc(C=Nc3sc(/C(C)=C\C#N)c(C)c3C(=O)OC)ccc21. The van der Waals surface area contributed by atoms with Crippen LogP contribution in [0.5, 0.6) is 0 Å². The molecule has 4 rings (SSSR count).